The molecule has 64 valence electrons. The first-order valence-corrected chi connectivity index (χ1v) is 3.49. The molecular formula is C8H10N2O2. The second kappa shape index (κ2) is 3.61. The molecule has 0 amide bonds. The van der Waals surface area contributed by atoms with Gasteiger partial charge >= 0.3 is 5.97 Å². The Bertz CT molecular complexity index is 286. The molecule has 0 aliphatic carbocycles. The van der Waals surface area contributed by atoms with Crippen molar-refractivity contribution in [1.82, 2.24) is 0 Å². The summed E-state index contributed by atoms with van der Waals surface area (Å²) in [6.45, 7) is -0.0938. The molecule has 0 saturated carbocycles. The maximum atomic E-state index is 10.2. The molecule has 0 spiro atoms. The molecule has 0 aliphatic heterocycles. The van der Waals surface area contributed by atoms with E-state index in [0.717, 1.165) is 5.69 Å². The zero-order valence-corrected chi connectivity index (χ0v) is 6.45. The molecule has 12 heavy (non-hydrogen) atoms. The third-order valence-electron chi connectivity index (χ3n) is 1.33. The number of nitrogens with one attached hydrogen (secondary N) is 1. The van der Waals surface area contributed by atoms with Gasteiger partial charge in [0.1, 0.15) is 6.54 Å². The molecule has 1 aromatic rings. The monoisotopic (exact) mass is 166 g/mol. The molecule has 0 heterocycles. The molecule has 0 fully saturated rings. The predicted octanol–water partition coefficient (Wildman–Crippen LogP) is 0.765. The van der Waals surface area contributed by atoms with Crippen LogP contribution in [0.4, 0.5) is 11.4 Å². The van der Waals surface area contributed by atoms with Crippen LogP contribution in [0.2, 0.25) is 0 Å². The van der Waals surface area contributed by atoms with E-state index in [4.69, 9.17) is 10.8 Å². The van der Waals surface area contributed by atoms with Crippen LogP contribution in [-0.4, -0.2) is 17.6 Å². The van der Waals surface area contributed by atoms with Gasteiger partial charge in [-0.3, -0.25) is 4.79 Å². The number of hydrogen-bond acceptors (Lipinski definition) is 3. The Morgan fingerprint density at radius 3 is 2.92 bits per heavy atom. The lowest BCUT2D eigenvalue weighted by Crippen LogP contribution is -2.12. The summed E-state index contributed by atoms with van der Waals surface area (Å²) >= 11 is 0. The van der Waals surface area contributed by atoms with Gasteiger partial charge in [0.15, 0.2) is 0 Å². The summed E-state index contributed by atoms with van der Waals surface area (Å²) in [5.74, 6) is -0.891. The molecule has 4 nitrogen and oxygen atoms in total. The van der Waals surface area contributed by atoms with Crippen molar-refractivity contribution in [2.24, 2.45) is 0 Å². The van der Waals surface area contributed by atoms with E-state index >= 15 is 0 Å². The van der Waals surface area contributed by atoms with Crippen LogP contribution in [-0.2, 0) is 4.79 Å². The van der Waals surface area contributed by atoms with Crippen LogP contribution in [0.3, 0.4) is 0 Å². The first kappa shape index (κ1) is 8.39. The van der Waals surface area contributed by atoms with Gasteiger partial charge < -0.3 is 16.2 Å². The van der Waals surface area contributed by atoms with Crippen LogP contribution in [0.25, 0.3) is 0 Å². The van der Waals surface area contributed by atoms with Crippen molar-refractivity contribution in [1.29, 1.82) is 0 Å². The summed E-state index contributed by atoms with van der Waals surface area (Å²) in [5.41, 5.74) is 6.81. The Hall–Kier alpha value is -1.71. The highest BCUT2D eigenvalue weighted by atomic mass is 16.4. The molecule has 1 rings (SSSR count). The van der Waals surface area contributed by atoms with Crippen LogP contribution in [0.1, 0.15) is 0 Å². The number of nitrogens with two attached hydrogens (primary N) is 1. The van der Waals surface area contributed by atoms with Crippen LogP contribution in [0, 0.1) is 0 Å². The van der Waals surface area contributed by atoms with Gasteiger partial charge in [-0.1, -0.05) is 6.07 Å². The van der Waals surface area contributed by atoms with E-state index in [0.29, 0.717) is 5.69 Å². The Labute approximate surface area is 70.0 Å². The number of nitrogen functional groups attached to an aromatic ring is 1. The maximum Gasteiger partial charge on any atom is 0.322 e. The fourth-order valence-corrected chi connectivity index (χ4v) is 0.826. The van der Waals surface area contributed by atoms with E-state index in [1.807, 2.05) is 0 Å². The molecule has 0 aliphatic rings. The first-order chi connectivity index (χ1) is 5.68. The number of benzene rings is 1. The van der Waals surface area contributed by atoms with Crippen molar-refractivity contribution in [3.8, 4) is 0 Å². The van der Waals surface area contributed by atoms with Crippen molar-refractivity contribution in [3.05, 3.63) is 24.3 Å². The van der Waals surface area contributed by atoms with Gasteiger partial charge in [0.05, 0.1) is 0 Å². The Kier molecular flexibility index (Phi) is 2.53. The van der Waals surface area contributed by atoms with E-state index in [2.05, 4.69) is 5.32 Å². The van der Waals surface area contributed by atoms with E-state index < -0.39 is 5.97 Å². The topological polar surface area (TPSA) is 75.3 Å². The van der Waals surface area contributed by atoms with Crippen LogP contribution < -0.4 is 11.1 Å². The van der Waals surface area contributed by atoms with Gasteiger partial charge in [0.25, 0.3) is 0 Å². The van der Waals surface area contributed by atoms with Crippen molar-refractivity contribution < 1.29 is 9.90 Å². The van der Waals surface area contributed by atoms with Gasteiger partial charge in [0.2, 0.25) is 0 Å². The van der Waals surface area contributed by atoms with E-state index in [-0.39, 0.29) is 6.54 Å². The molecular weight excluding hydrogens is 156 g/mol. The fraction of sp³-hybridized carbons (Fsp3) is 0.125. The Morgan fingerprint density at radius 1 is 1.58 bits per heavy atom. The number of carboxylic acids is 1. The highest BCUT2D eigenvalue weighted by Crippen LogP contribution is 2.10. The summed E-state index contributed by atoms with van der Waals surface area (Å²) in [6, 6.07) is 6.95. The maximum absolute atomic E-state index is 10.2. The summed E-state index contributed by atoms with van der Waals surface area (Å²) < 4.78 is 0. The lowest BCUT2D eigenvalue weighted by atomic mass is 10.3. The highest BCUT2D eigenvalue weighted by Gasteiger charge is 1.95. The minimum Gasteiger partial charge on any atom is -0.480 e. The summed E-state index contributed by atoms with van der Waals surface area (Å²) in [5, 5.41) is 11.1. The molecule has 4 heteroatoms. The Morgan fingerprint density at radius 2 is 2.33 bits per heavy atom. The van der Waals surface area contributed by atoms with Crippen molar-refractivity contribution in [3.63, 3.8) is 0 Å². The summed E-state index contributed by atoms with van der Waals surface area (Å²) in [7, 11) is 0. The minimum atomic E-state index is -0.891. The molecule has 0 aromatic heterocycles. The molecule has 0 unspecified atom stereocenters. The van der Waals surface area contributed by atoms with E-state index in [1.165, 1.54) is 0 Å². The number of carboxylic acid groups (broad SMARTS) is 1. The van der Waals surface area contributed by atoms with Gasteiger partial charge in [-0.05, 0) is 18.2 Å². The van der Waals surface area contributed by atoms with E-state index in [9.17, 15) is 4.79 Å². The van der Waals surface area contributed by atoms with E-state index in [1.54, 1.807) is 24.3 Å². The first-order valence-electron chi connectivity index (χ1n) is 3.49. The van der Waals surface area contributed by atoms with Gasteiger partial charge in [0, 0.05) is 11.4 Å². The van der Waals surface area contributed by atoms with Crippen molar-refractivity contribution in [2.75, 3.05) is 17.6 Å². The average molecular weight is 166 g/mol. The molecule has 0 radical (unpaired) electrons. The largest absolute Gasteiger partial charge is 0.480 e. The molecule has 4 N–H and O–H groups in total. The Balaban J connectivity index is 2.57. The lowest BCUT2D eigenvalue weighted by Gasteiger charge is -2.02. The third-order valence-corrected chi connectivity index (χ3v) is 1.33. The summed E-state index contributed by atoms with van der Waals surface area (Å²) in [4.78, 5) is 10.2. The second-order valence-corrected chi connectivity index (χ2v) is 2.37. The zero-order chi connectivity index (χ0) is 8.97. The van der Waals surface area contributed by atoms with Crippen LogP contribution in [0.5, 0.6) is 0 Å². The van der Waals surface area contributed by atoms with Crippen molar-refractivity contribution in [2.45, 2.75) is 0 Å². The summed E-state index contributed by atoms with van der Waals surface area (Å²) in [6.07, 6.45) is 0. The predicted molar refractivity (Wildman–Crippen MR) is 47.0 cm³/mol. The lowest BCUT2D eigenvalue weighted by molar-refractivity contribution is -0.134. The molecule has 0 bridgehead atoms. The van der Waals surface area contributed by atoms with Gasteiger partial charge in [-0.15, -0.1) is 0 Å². The normalized spacial score (nSPS) is 9.33. The van der Waals surface area contributed by atoms with Gasteiger partial charge in [-0.2, -0.15) is 0 Å². The molecule has 1 aromatic carbocycles. The number of anilines is 2. The number of hydrogen-bond donors (Lipinski definition) is 3. The van der Waals surface area contributed by atoms with Crippen LogP contribution >= 0.6 is 0 Å². The van der Waals surface area contributed by atoms with Gasteiger partial charge in [-0.25, -0.2) is 0 Å². The standard InChI is InChI=1S/C8H10N2O2/c9-6-2-1-3-7(4-6)10-5-8(11)12/h1-4,10H,5,9H2,(H,11,12). The number of aliphatic carboxylic acids is 1. The third kappa shape index (κ3) is 2.49. The molecule has 0 saturated heterocycles. The average Bonchev–Trinajstić information content (AvgIpc) is 2.01. The second-order valence-electron chi connectivity index (χ2n) is 2.37. The molecule has 0 atom stereocenters. The van der Waals surface area contributed by atoms with Crippen LogP contribution in [0.15, 0.2) is 24.3 Å². The number of carbonyl (C=O) groups is 1. The zero-order valence-electron chi connectivity index (χ0n) is 6.45. The number of rotatable bonds is 3. The fourth-order valence-electron chi connectivity index (χ4n) is 0.826. The highest BCUT2D eigenvalue weighted by molar-refractivity contribution is 5.73. The van der Waals surface area contributed by atoms with Crippen molar-refractivity contribution >= 4 is 17.3 Å². The minimum absolute atomic E-state index is 0.0938. The quantitative estimate of drug-likeness (QED) is 0.579. The smallest absolute Gasteiger partial charge is 0.322 e. The SMILES string of the molecule is Nc1cccc(NCC(=O)O)c1.